The zero-order chi connectivity index (χ0) is 13.2. The summed E-state index contributed by atoms with van der Waals surface area (Å²) in [6.45, 7) is 6.31. The van der Waals surface area contributed by atoms with E-state index in [0.717, 1.165) is 6.42 Å². The van der Waals surface area contributed by atoms with E-state index in [1.54, 1.807) is 6.07 Å². The Hall–Kier alpha value is -1.78. The minimum absolute atomic E-state index is 0.0436. The van der Waals surface area contributed by atoms with Crippen molar-refractivity contribution in [3.63, 3.8) is 0 Å². The monoisotopic (exact) mass is 236 g/mol. The molecular formula is C12H20N4O. The number of nitrogens with zero attached hydrogens (tertiary/aromatic N) is 2. The molecule has 5 heteroatoms. The number of nitrogens with two attached hydrogens (primary N) is 2. The van der Waals surface area contributed by atoms with Gasteiger partial charge in [0.2, 0.25) is 0 Å². The summed E-state index contributed by atoms with van der Waals surface area (Å²) in [5.41, 5.74) is 11.5. The van der Waals surface area contributed by atoms with Gasteiger partial charge in [-0.1, -0.05) is 6.92 Å². The van der Waals surface area contributed by atoms with Crippen LogP contribution in [0.1, 0.15) is 37.6 Å². The summed E-state index contributed by atoms with van der Waals surface area (Å²) in [6, 6.07) is 1.63. The highest BCUT2D eigenvalue weighted by Crippen LogP contribution is 2.25. The van der Waals surface area contributed by atoms with Crippen molar-refractivity contribution in [3.05, 3.63) is 17.8 Å². The average Bonchev–Trinajstić information content (AvgIpc) is 2.28. The maximum Gasteiger partial charge on any atom is 0.250 e. The number of anilines is 2. The molecule has 0 spiro atoms. The zero-order valence-electron chi connectivity index (χ0n) is 10.8. The van der Waals surface area contributed by atoms with E-state index in [2.05, 4.69) is 25.8 Å². The highest BCUT2D eigenvalue weighted by Gasteiger charge is 2.23. The van der Waals surface area contributed by atoms with E-state index in [4.69, 9.17) is 11.5 Å². The normalized spacial score (nSPS) is 11.3. The lowest BCUT2D eigenvalue weighted by Crippen LogP contribution is -2.41. The number of rotatable bonds is 4. The molecule has 1 amide bonds. The van der Waals surface area contributed by atoms with E-state index in [0.29, 0.717) is 17.1 Å². The van der Waals surface area contributed by atoms with Crippen LogP contribution in [0.2, 0.25) is 0 Å². The molecule has 17 heavy (non-hydrogen) atoms. The van der Waals surface area contributed by atoms with Crippen LogP contribution in [-0.4, -0.2) is 23.5 Å². The Balaban J connectivity index is 3.16. The Bertz CT molecular complexity index is 429. The number of carbonyl (C=O) groups excluding carboxylic acids is 1. The van der Waals surface area contributed by atoms with Gasteiger partial charge in [-0.2, -0.15) is 0 Å². The molecule has 0 saturated heterocycles. The fourth-order valence-corrected chi connectivity index (χ4v) is 1.40. The van der Waals surface area contributed by atoms with E-state index in [1.165, 1.54) is 6.20 Å². The van der Waals surface area contributed by atoms with Gasteiger partial charge in [-0.3, -0.25) is 4.79 Å². The molecule has 0 radical (unpaired) electrons. The predicted molar refractivity (Wildman–Crippen MR) is 69.9 cm³/mol. The lowest BCUT2D eigenvalue weighted by molar-refractivity contribution is 0.100. The lowest BCUT2D eigenvalue weighted by atomic mass is 10.00. The minimum atomic E-state index is -0.533. The van der Waals surface area contributed by atoms with Gasteiger partial charge in [-0.15, -0.1) is 0 Å². The molecule has 1 aromatic rings. The number of carbonyl (C=O) groups is 1. The third-order valence-electron chi connectivity index (χ3n) is 3.30. The summed E-state index contributed by atoms with van der Waals surface area (Å²) in [4.78, 5) is 17.5. The van der Waals surface area contributed by atoms with Crippen molar-refractivity contribution >= 4 is 17.4 Å². The van der Waals surface area contributed by atoms with Crippen molar-refractivity contribution in [1.29, 1.82) is 0 Å². The number of aromatic nitrogens is 1. The lowest BCUT2D eigenvalue weighted by Gasteiger charge is -2.36. The maximum absolute atomic E-state index is 11.2. The van der Waals surface area contributed by atoms with Crippen LogP contribution in [0.15, 0.2) is 12.3 Å². The molecular weight excluding hydrogens is 216 g/mol. The molecule has 0 atom stereocenters. The van der Waals surface area contributed by atoms with Crippen molar-refractivity contribution in [2.45, 2.75) is 32.7 Å². The standard InChI is InChI=1S/C12H20N4O/c1-5-12(2,3)16(4)10-6-8(11(14)17)9(13)7-15-10/h6-7H,5,13H2,1-4H3,(H2,14,17). The van der Waals surface area contributed by atoms with Crippen LogP contribution in [0.4, 0.5) is 11.5 Å². The Morgan fingerprint density at radius 1 is 1.53 bits per heavy atom. The number of pyridine rings is 1. The van der Waals surface area contributed by atoms with Crippen LogP contribution in [0.3, 0.4) is 0 Å². The summed E-state index contributed by atoms with van der Waals surface area (Å²) in [7, 11) is 1.94. The molecule has 0 saturated carbocycles. The third kappa shape index (κ3) is 2.67. The summed E-state index contributed by atoms with van der Waals surface area (Å²) < 4.78 is 0. The van der Waals surface area contributed by atoms with Crippen LogP contribution >= 0.6 is 0 Å². The Morgan fingerprint density at radius 2 is 2.12 bits per heavy atom. The van der Waals surface area contributed by atoms with Crippen LogP contribution in [0, 0.1) is 0 Å². The first-order chi connectivity index (χ1) is 7.79. The van der Waals surface area contributed by atoms with Gasteiger partial charge in [0, 0.05) is 12.6 Å². The molecule has 0 fully saturated rings. The number of hydrogen-bond acceptors (Lipinski definition) is 4. The smallest absolute Gasteiger partial charge is 0.250 e. The maximum atomic E-state index is 11.2. The van der Waals surface area contributed by atoms with Gasteiger partial charge in [0.15, 0.2) is 0 Å². The second kappa shape index (κ2) is 4.61. The predicted octanol–water partition coefficient (Wildman–Crippen LogP) is 1.39. The van der Waals surface area contributed by atoms with Gasteiger partial charge in [-0.05, 0) is 26.3 Å². The van der Waals surface area contributed by atoms with Crippen LogP contribution < -0.4 is 16.4 Å². The number of hydrogen-bond donors (Lipinski definition) is 2. The molecule has 4 N–H and O–H groups in total. The first-order valence-electron chi connectivity index (χ1n) is 5.58. The average molecular weight is 236 g/mol. The van der Waals surface area contributed by atoms with E-state index < -0.39 is 5.91 Å². The second-order valence-corrected chi connectivity index (χ2v) is 4.72. The van der Waals surface area contributed by atoms with E-state index in [9.17, 15) is 4.79 Å². The largest absolute Gasteiger partial charge is 0.397 e. The Morgan fingerprint density at radius 3 is 2.59 bits per heavy atom. The van der Waals surface area contributed by atoms with Crippen LogP contribution in [0.5, 0.6) is 0 Å². The van der Waals surface area contributed by atoms with Crippen molar-refractivity contribution < 1.29 is 4.79 Å². The van der Waals surface area contributed by atoms with E-state index in [-0.39, 0.29) is 5.54 Å². The molecule has 0 unspecified atom stereocenters. The summed E-state index contributed by atoms with van der Waals surface area (Å²) in [5.74, 6) is 0.161. The number of amides is 1. The van der Waals surface area contributed by atoms with Gasteiger partial charge in [-0.25, -0.2) is 4.98 Å². The molecule has 0 aliphatic heterocycles. The van der Waals surface area contributed by atoms with Crippen molar-refractivity contribution in [2.75, 3.05) is 17.7 Å². The van der Waals surface area contributed by atoms with E-state index in [1.807, 2.05) is 11.9 Å². The molecule has 0 bridgehead atoms. The highest BCUT2D eigenvalue weighted by atomic mass is 16.1. The van der Waals surface area contributed by atoms with Gasteiger partial charge in [0.25, 0.3) is 5.91 Å². The van der Waals surface area contributed by atoms with E-state index >= 15 is 0 Å². The molecule has 1 rings (SSSR count). The Labute approximate surface area is 102 Å². The summed E-state index contributed by atoms with van der Waals surface area (Å²) >= 11 is 0. The molecule has 0 aromatic carbocycles. The number of nitrogen functional groups attached to an aromatic ring is 1. The molecule has 5 nitrogen and oxygen atoms in total. The molecule has 94 valence electrons. The van der Waals surface area contributed by atoms with Crippen molar-refractivity contribution in [1.82, 2.24) is 4.98 Å². The Kier molecular flexibility index (Phi) is 3.60. The second-order valence-electron chi connectivity index (χ2n) is 4.72. The SMILES string of the molecule is CCC(C)(C)N(C)c1cc(C(N)=O)c(N)cn1. The quantitative estimate of drug-likeness (QED) is 0.827. The number of primary amides is 1. The van der Waals surface area contributed by atoms with Gasteiger partial charge < -0.3 is 16.4 Å². The summed E-state index contributed by atoms with van der Waals surface area (Å²) in [6.07, 6.45) is 2.43. The third-order valence-corrected chi connectivity index (χ3v) is 3.30. The van der Waals surface area contributed by atoms with Crippen LogP contribution in [0.25, 0.3) is 0 Å². The molecule has 0 aliphatic carbocycles. The van der Waals surface area contributed by atoms with Gasteiger partial charge in [0.1, 0.15) is 5.82 Å². The van der Waals surface area contributed by atoms with Gasteiger partial charge >= 0.3 is 0 Å². The van der Waals surface area contributed by atoms with Crippen molar-refractivity contribution in [3.8, 4) is 0 Å². The fourth-order valence-electron chi connectivity index (χ4n) is 1.40. The first kappa shape index (κ1) is 13.3. The van der Waals surface area contributed by atoms with Gasteiger partial charge in [0.05, 0.1) is 17.4 Å². The molecule has 1 aromatic heterocycles. The van der Waals surface area contributed by atoms with Crippen molar-refractivity contribution in [2.24, 2.45) is 5.73 Å². The first-order valence-corrected chi connectivity index (χ1v) is 5.58. The molecule has 1 heterocycles. The highest BCUT2D eigenvalue weighted by molar-refractivity contribution is 5.98. The fraction of sp³-hybridized carbons (Fsp3) is 0.500. The topological polar surface area (TPSA) is 85.2 Å². The summed E-state index contributed by atoms with van der Waals surface area (Å²) in [5, 5.41) is 0. The minimum Gasteiger partial charge on any atom is -0.397 e. The zero-order valence-corrected chi connectivity index (χ0v) is 10.8. The molecule has 0 aliphatic rings. The van der Waals surface area contributed by atoms with Crippen LogP contribution in [-0.2, 0) is 0 Å².